The number of amides is 1. The molecule has 0 aliphatic carbocycles. The summed E-state index contributed by atoms with van der Waals surface area (Å²) < 4.78 is 5.44. The fraction of sp³-hybridized carbons (Fsp3) is 0.300. The van der Waals surface area contributed by atoms with Crippen LogP contribution in [0.4, 0.5) is 0 Å². The summed E-state index contributed by atoms with van der Waals surface area (Å²) in [6, 6.07) is 15.9. The van der Waals surface area contributed by atoms with Gasteiger partial charge in [-0.3, -0.25) is 4.79 Å². The van der Waals surface area contributed by atoms with E-state index in [0.29, 0.717) is 25.4 Å². The Morgan fingerprint density at radius 2 is 1.96 bits per heavy atom. The van der Waals surface area contributed by atoms with E-state index in [1.807, 2.05) is 58.8 Å². The van der Waals surface area contributed by atoms with Gasteiger partial charge in [0.2, 0.25) is 5.91 Å². The maximum absolute atomic E-state index is 12.7. The lowest BCUT2D eigenvalue weighted by Crippen LogP contribution is -2.31. The third-order valence-electron chi connectivity index (χ3n) is 3.83. The molecule has 130 valence electrons. The van der Waals surface area contributed by atoms with Crippen molar-refractivity contribution in [1.29, 1.82) is 0 Å². The number of benzene rings is 1. The summed E-state index contributed by atoms with van der Waals surface area (Å²) in [5, 5.41) is 6.16. The van der Waals surface area contributed by atoms with Crippen LogP contribution in [0.25, 0.3) is 10.6 Å². The molecule has 0 aliphatic heterocycles. The molecule has 2 heterocycles. The van der Waals surface area contributed by atoms with E-state index in [1.54, 1.807) is 11.3 Å². The molecular weight excluding hydrogens is 332 g/mol. The van der Waals surface area contributed by atoms with Gasteiger partial charge in [-0.25, -0.2) is 0 Å². The molecule has 0 bridgehead atoms. The average molecular weight is 354 g/mol. The number of thiophene rings is 1. The lowest BCUT2D eigenvalue weighted by atomic mass is 10.1. The molecule has 2 aromatic heterocycles. The number of hydrogen-bond donors (Lipinski definition) is 0. The maximum Gasteiger partial charge on any atom is 0.223 e. The molecule has 0 aliphatic rings. The van der Waals surface area contributed by atoms with Crippen LogP contribution < -0.4 is 0 Å². The van der Waals surface area contributed by atoms with Crippen LogP contribution in [0.2, 0.25) is 0 Å². The number of carbonyl (C=O) groups excluding carboxylic acids is 1. The molecule has 5 heteroatoms. The standard InChI is InChI=1S/C20H22N2O2S/c1-15(2)11-20(23)22(13-16-7-4-3-5-8-16)14-17-12-18(24-21-17)19-9-6-10-25-19/h3-10,12,15H,11,13-14H2,1-2H3. The van der Waals surface area contributed by atoms with E-state index in [-0.39, 0.29) is 5.91 Å². The Morgan fingerprint density at radius 3 is 2.64 bits per heavy atom. The van der Waals surface area contributed by atoms with Gasteiger partial charge in [-0.15, -0.1) is 11.3 Å². The predicted molar refractivity (Wildman–Crippen MR) is 100.0 cm³/mol. The summed E-state index contributed by atoms with van der Waals surface area (Å²) in [6.45, 7) is 5.15. The Kier molecular flexibility index (Phi) is 5.66. The molecular formula is C20H22N2O2S. The molecule has 0 saturated carbocycles. The van der Waals surface area contributed by atoms with E-state index in [2.05, 4.69) is 19.0 Å². The van der Waals surface area contributed by atoms with Crippen LogP contribution in [0.1, 0.15) is 31.5 Å². The zero-order valence-electron chi connectivity index (χ0n) is 14.5. The predicted octanol–water partition coefficient (Wildman–Crippen LogP) is 4.98. The first-order valence-electron chi connectivity index (χ1n) is 8.43. The number of rotatable bonds is 7. The van der Waals surface area contributed by atoms with Crippen molar-refractivity contribution in [3.05, 3.63) is 65.2 Å². The Labute approximate surface area is 152 Å². The van der Waals surface area contributed by atoms with Crippen molar-refractivity contribution in [3.63, 3.8) is 0 Å². The van der Waals surface area contributed by atoms with Crippen LogP contribution in [0.15, 0.2) is 58.4 Å². The van der Waals surface area contributed by atoms with E-state index in [1.165, 1.54) is 0 Å². The van der Waals surface area contributed by atoms with Gasteiger partial charge in [0.15, 0.2) is 5.76 Å². The van der Waals surface area contributed by atoms with Gasteiger partial charge < -0.3 is 9.42 Å². The molecule has 3 rings (SSSR count). The highest BCUT2D eigenvalue weighted by atomic mass is 32.1. The average Bonchev–Trinajstić information content (AvgIpc) is 3.26. The highest BCUT2D eigenvalue weighted by Gasteiger charge is 2.18. The van der Waals surface area contributed by atoms with Gasteiger partial charge in [-0.05, 0) is 22.9 Å². The number of nitrogens with zero attached hydrogens (tertiary/aromatic N) is 2. The molecule has 25 heavy (non-hydrogen) atoms. The van der Waals surface area contributed by atoms with E-state index in [0.717, 1.165) is 21.9 Å². The number of hydrogen-bond acceptors (Lipinski definition) is 4. The van der Waals surface area contributed by atoms with E-state index in [4.69, 9.17) is 4.52 Å². The zero-order valence-corrected chi connectivity index (χ0v) is 15.3. The zero-order chi connectivity index (χ0) is 17.6. The largest absolute Gasteiger partial charge is 0.355 e. The Hall–Kier alpha value is -2.40. The van der Waals surface area contributed by atoms with E-state index < -0.39 is 0 Å². The SMILES string of the molecule is CC(C)CC(=O)N(Cc1ccccc1)Cc1cc(-c2cccs2)on1. The van der Waals surface area contributed by atoms with E-state index >= 15 is 0 Å². The summed E-state index contributed by atoms with van der Waals surface area (Å²) >= 11 is 1.61. The van der Waals surface area contributed by atoms with Crippen LogP contribution >= 0.6 is 11.3 Å². The number of aromatic nitrogens is 1. The van der Waals surface area contributed by atoms with Crippen molar-refractivity contribution in [2.24, 2.45) is 5.92 Å². The quantitative estimate of drug-likeness (QED) is 0.601. The van der Waals surface area contributed by atoms with Gasteiger partial charge in [-0.1, -0.05) is 55.4 Å². The van der Waals surface area contributed by atoms with Gasteiger partial charge in [-0.2, -0.15) is 0 Å². The summed E-state index contributed by atoms with van der Waals surface area (Å²) in [5.41, 5.74) is 1.89. The molecule has 4 nitrogen and oxygen atoms in total. The van der Waals surface area contributed by atoms with Crippen molar-refractivity contribution in [1.82, 2.24) is 10.1 Å². The monoisotopic (exact) mass is 354 g/mol. The van der Waals surface area contributed by atoms with Crippen LogP contribution in [0.5, 0.6) is 0 Å². The van der Waals surface area contributed by atoms with Gasteiger partial charge in [0.05, 0.1) is 11.4 Å². The van der Waals surface area contributed by atoms with Crippen molar-refractivity contribution in [3.8, 4) is 10.6 Å². The first kappa shape index (κ1) is 17.4. The fourth-order valence-electron chi connectivity index (χ4n) is 2.63. The normalized spacial score (nSPS) is 11.0. The molecule has 1 amide bonds. The van der Waals surface area contributed by atoms with Crippen LogP contribution in [-0.2, 0) is 17.9 Å². The molecule has 0 fully saturated rings. The molecule has 0 saturated heterocycles. The Morgan fingerprint density at radius 1 is 1.16 bits per heavy atom. The molecule has 0 radical (unpaired) electrons. The second-order valence-electron chi connectivity index (χ2n) is 6.49. The summed E-state index contributed by atoms with van der Waals surface area (Å²) in [4.78, 5) is 15.6. The second kappa shape index (κ2) is 8.12. The molecule has 0 atom stereocenters. The summed E-state index contributed by atoms with van der Waals surface area (Å²) in [5.74, 6) is 1.21. The minimum Gasteiger partial charge on any atom is -0.355 e. The molecule has 0 unspecified atom stereocenters. The molecule has 0 spiro atoms. The Bertz CT molecular complexity index is 794. The van der Waals surface area contributed by atoms with Gasteiger partial charge in [0.25, 0.3) is 0 Å². The van der Waals surface area contributed by atoms with Gasteiger partial charge >= 0.3 is 0 Å². The first-order chi connectivity index (χ1) is 12.1. The van der Waals surface area contributed by atoms with Crippen LogP contribution in [-0.4, -0.2) is 16.0 Å². The van der Waals surface area contributed by atoms with Crippen molar-refractivity contribution in [2.45, 2.75) is 33.4 Å². The third kappa shape index (κ3) is 4.79. The van der Waals surface area contributed by atoms with E-state index in [9.17, 15) is 4.79 Å². The highest BCUT2D eigenvalue weighted by molar-refractivity contribution is 7.13. The summed E-state index contributed by atoms with van der Waals surface area (Å²) in [6.07, 6.45) is 0.530. The first-order valence-corrected chi connectivity index (χ1v) is 9.31. The molecule has 0 N–H and O–H groups in total. The minimum atomic E-state index is 0.138. The van der Waals surface area contributed by atoms with Gasteiger partial charge in [0, 0.05) is 19.0 Å². The second-order valence-corrected chi connectivity index (χ2v) is 7.44. The van der Waals surface area contributed by atoms with Crippen molar-refractivity contribution < 1.29 is 9.32 Å². The Balaban J connectivity index is 1.76. The van der Waals surface area contributed by atoms with Crippen LogP contribution in [0, 0.1) is 5.92 Å². The third-order valence-corrected chi connectivity index (χ3v) is 4.71. The summed E-state index contributed by atoms with van der Waals surface area (Å²) in [7, 11) is 0. The van der Waals surface area contributed by atoms with Gasteiger partial charge in [0.1, 0.15) is 5.69 Å². The highest BCUT2D eigenvalue weighted by Crippen LogP contribution is 2.26. The lowest BCUT2D eigenvalue weighted by molar-refractivity contribution is -0.133. The number of carbonyl (C=O) groups is 1. The topological polar surface area (TPSA) is 46.3 Å². The molecule has 3 aromatic rings. The fourth-order valence-corrected chi connectivity index (χ4v) is 3.30. The van der Waals surface area contributed by atoms with Crippen molar-refractivity contribution >= 4 is 17.2 Å². The van der Waals surface area contributed by atoms with Crippen LogP contribution in [0.3, 0.4) is 0 Å². The molecule has 1 aromatic carbocycles. The smallest absolute Gasteiger partial charge is 0.223 e. The maximum atomic E-state index is 12.7. The minimum absolute atomic E-state index is 0.138. The lowest BCUT2D eigenvalue weighted by Gasteiger charge is -2.22. The van der Waals surface area contributed by atoms with Crippen molar-refractivity contribution in [2.75, 3.05) is 0 Å².